The Morgan fingerprint density at radius 3 is 2.44 bits per heavy atom. The van der Waals surface area contributed by atoms with Gasteiger partial charge in [-0.3, -0.25) is 9.69 Å². The normalized spacial score (nSPS) is 22.8. The van der Waals surface area contributed by atoms with Gasteiger partial charge in [0.05, 0.1) is 24.0 Å². The average molecular weight is 251 g/mol. The molecule has 0 aliphatic carbocycles. The minimum Gasteiger partial charge on any atom is -0.481 e. The monoisotopic (exact) mass is 251 g/mol. The van der Waals surface area contributed by atoms with Crippen LogP contribution in [0.15, 0.2) is 0 Å². The second kappa shape index (κ2) is 5.60. The summed E-state index contributed by atoms with van der Waals surface area (Å²) >= 11 is 0. The first-order valence-electron chi connectivity index (χ1n) is 5.10. The summed E-state index contributed by atoms with van der Waals surface area (Å²) in [4.78, 5) is 12.4. The number of carbonyl (C=O) groups is 1. The van der Waals surface area contributed by atoms with Crippen molar-refractivity contribution in [3.05, 3.63) is 0 Å². The van der Waals surface area contributed by atoms with Crippen LogP contribution in [-0.4, -0.2) is 68.7 Å². The number of hydrogen-bond donors (Lipinski definition) is 1. The molecule has 1 aliphatic heterocycles. The van der Waals surface area contributed by atoms with Gasteiger partial charge in [-0.15, -0.1) is 0 Å². The lowest BCUT2D eigenvalue weighted by Crippen LogP contribution is -2.44. The van der Waals surface area contributed by atoms with Gasteiger partial charge >= 0.3 is 5.97 Å². The van der Waals surface area contributed by atoms with E-state index in [4.69, 9.17) is 9.84 Å². The van der Waals surface area contributed by atoms with Crippen LogP contribution >= 0.6 is 0 Å². The largest absolute Gasteiger partial charge is 0.481 e. The topological polar surface area (TPSA) is 83.9 Å². The van der Waals surface area contributed by atoms with E-state index >= 15 is 0 Å². The number of rotatable bonds is 5. The smallest absolute Gasteiger partial charge is 0.306 e. The van der Waals surface area contributed by atoms with Gasteiger partial charge in [-0.1, -0.05) is 0 Å². The van der Waals surface area contributed by atoms with Gasteiger partial charge in [0.15, 0.2) is 9.84 Å². The summed E-state index contributed by atoms with van der Waals surface area (Å²) in [7, 11) is -1.41. The highest BCUT2D eigenvalue weighted by atomic mass is 32.2. The van der Waals surface area contributed by atoms with E-state index in [9.17, 15) is 13.2 Å². The lowest BCUT2D eigenvalue weighted by Gasteiger charge is -2.29. The van der Waals surface area contributed by atoms with Gasteiger partial charge in [0.25, 0.3) is 0 Å². The van der Waals surface area contributed by atoms with Crippen molar-refractivity contribution in [2.45, 2.75) is 12.5 Å². The number of hydrogen-bond acceptors (Lipinski definition) is 5. The summed E-state index contributed by atoms with van der Waals surface area (Å²) in [6.45, 7) is 1.39. The molecule has 0 aromatic rings. The van der Waals surface area contributed by atoms with E-state index in [0.717, 1.165) is 0 Å². The van der Waals surface area contributed by atoms with E-state index in [1.165, 1.54) is 7.11 Å². The maximum Gasteiger partial charge on any atom is 0.306 e. The van der Waals surface area contributed by atoms with E-state index in [1.54, 1.807) is 0 Å². The van der Waals surface area contributed by atoms with E-state index in [-0.39, 0.29) is 24.0 Å². The molecular formula is C9H17NO5S. The highest BCUT2D eigenvalue weighted by Crippen LogP contribution is 2.07. The van der Waals surface area contributed by atoms with Gasteiger partial charge in [-0.2, -0.15) is 0 Å². The zero-order chi connectivity index (χ0) is 12.2. The first-order valence-corrected chi connectivity index (χ1v) is 6.92. The van der Waals surface area contributed by atoms with Crippen LogP contribution in [-0.2, 0) is 19.4 Å². The summed E-state index contributed by atoms with van der Waals surface area (Å²) < 4.78 is 27.4. The average Bonchev–Trinajstić information content (AvgIpc) is 2.19. The van der Waals surface area contributed by atoms with Crippen molar-refractivity contribution in [3.63, 3.8) is 0 Å². The van der Waals surface area contributed by atoms with Crippen LogP contribution in [0.25, 0.3) is 0 Å². The van der Waals surface area contributed by atoms with Crippen molar-refractivity contribution in [1.82, 2.24) is 4.90 Å². The Bertz CT molecular complexity index is 326. The predicted octanol–water partition coefficient (Wildman–Crippen LogP) is -0.793. The minimum absolute atomic E-state index is 0.0558. The summed E-state index contributed by atoms with van der Waals surface area (Å²) in [6.07, 6.45) is -0.432. The molecule has 1 fully saturated rings. The first-order chi connectivity index (χ1) is 7.43. The molecule has 16 heavy (non-hydrogen) atoms. The maximum absolute atomic E-state index is 11.2. The summed E-state index contributed by atoms with van der Waals surface area (Å²) in [5, 5.41) is 8.63. The fourth-order valence-corrected chi connectivity index (χ4v) is 2.91. The van der Waals surface area contributed by atoms with Crippen molar-refractivity contribution < 1.29 is 23.1 Å². The molecule has 1 rings (SSSR count). The molecule has 6 nitrogen and oxygen atoms in total. The number of sulfone groups is 1. The molecule has 0 aromatic carbocycles. The van der Waals surface area contributed by atoms with Crippen molar-refractivity contribution in [2.24, 2.45) is 0 Å². The third-order valence-corrected chi connectivity index (χ3v) is 4.24. The third-order valence-electron chi connectivity index (χ3n) is 2.63. The molecule has 0 amide bonds. The molecule has 94 valence electrons. The number of ether oxygens (including phenoxy) is 1. The molecule has 0 bridgehead atoms. The molecule has 1 aliphatic rings. The molecular weight excluding hydrogens is 234 g/mol. The molecule has 1 atom stereocenters. The molecule has 0 spiro atoms. The van der Waals surface area contributed by atoms with Gasteiger partial charge in [-0.25, -0.2) is 8.42 Å². The van der Waals surface area contributed by atoms with Crippen molar-refractivity contribution >= 4 is 15.8 Å². The third kappa shape index (κ3) is 4.46. The van der Waals surface area contributed by atoms with Gasteiger partial charge < -0.3 is 9.84 Å². The highest BCUT2D eigenvalue weighted by Gasteiger charge is 2.24. The molecule has 1 unspecified atom stereocenters. The second-order valence-corrected chi connectivity index (χ2v) is 6.21. The van der Waals surface area contributed by atoms with Gasteiger partial charge in [0.2, 0.25) is 0 Å². The predicted molar refractivity (Wildman–Crippen MR) is 58.1 cm³/mol. The fraction of sp³-hybridized carbons (Fsp3) is 0.889. The van der Waals surface area contributed by atoms with Crippen LogP contribution in [0.1, 0.15) is 6.42 Å². The van der Waals surface area contributed by atoms with Gasteiger partial charge in [0, 0.05) is 26.7 Å². The number of nitrogens with zero attached hydrogens (tertiary/aromatic N) is 1. The number of carboxylic acids is 1. The lowest BCUT2D eigenvalue weighted by atomic mass is 10.2. The van der Waals surface area contributed by atoms with Crippen LogP contribution in [0.3, 0.4) is 0 Å². The summed E-state index contributed by atoms with van der Waals surface area (Å²) in [5.74, 6) is -0.607. The molecule has 1 N–H and O–H groups in total. The van der Waals surface area contributed by atoms with Crippen molar-refractivity contribution in [3.8, 4) is 0 Å². The Hall–Kier alpha value is -0.660. The molecule has 1 heterocycles. The minimum atomic E-state index is -2.88. The number of aliphatic carboxylic acids is 1. The summed E-state index contributed by atoms with van der Waals surface area (Å²) in [5.41, 5.74) is 0. The van der Waals surface area contributed by atoms with Crippen molar-refractivity contribution in [2.75, 3.05) is 38.2 Å². The number of methoxy groups -OCH3 is 1. The zero-order valence-electron chi connectivity index (χ0n) is 9.26. The standard InChI is InChI=1S/C9H17NO5S/c1-15-8(6-9(11)12)7-10-2-4-16(13,14)5-3-10/h8H,2-7H2,1H3,(H,11,12). The SMILES string of the molecule is COC(CC(=O)O)CN1CCS(=O)(=O)CC1. The van der Waals surface area contributed by atoms with E-state index in [1.807, 2.05) is 4.90 Å². The maximum atomic E-state index is 11.2. The highest BCUT2D eigenvalue weighted by molar-refractivity contribution is 7.91. The summed E-state index contributed by atoms with van der Waals surface area (Å²) in [6, 6.07) is 0. The lowest BCUT2D eigenvalue weighted by molar-refractivity contribution is -0.140. The molecule has 0 aromatic heterocycles. The van der Waals surface area contributed by atoms with E-state index in [0.29, 0.717) is 19.6 Å². The first kappa shape index (κ1) is 13.4. The Morgan fingerprint density at radius 2 is 2.00 bits per heavy atom. The Balaban J connectivity index is 2.39. The van der Waals surface area contributed by atoms with Crippen LogP contribution in [0.2, 0.25) is 0 Å². The Morgan fingerprint density at radius 1 is 1.44 bits per heavy atom. The Kier molecular flexibility index (Phi) is 4.69. The van der Waals surface area contributed by atoms with Gasteiger partial charge in [-0.05, 0) is 0 Å². The number of carboxylic acid groups (broad SMARTS) is 1. The quantitative estimate of drug-likeness (QED) is 0.689. The van der Waals surface area contributed by atoms with E-state index < -0.39 is 15.8 Å². The molecule has 0 saturated carbocycles. The second-order valence-electron chi connectivity index (χ2n) is 3.91. The fourth-order valence-electron chi connectivity index (χ4n) is 1.64. The molecule has 0 radical (unpaired) electrons. The van der Waals surface area contributed by atoms with Crippen LogP contribution in [0, 0.1) is 0 Å². The molecule has 7 heteroatoms. The van der Waals surface area contributed by atoms with Gasteiger partial charge in [0.1, 0.15) is 0 Å². The van der Waals surface area contributed by atoms with Crippen LogP contribution < -0.4 is 0 Å². The Labute approximate surface area is 95.1 Å². The molecule has 1 saturated heterocycles. The van der Waals surface area contributed by atoms with Crippen molar-refractivity contribution in [1.29, 1.82) is 0 Å². The van der Waals surface area contributed by atoms with Crippen LogP contribution in [0.5, 0.6) is 0 Å². The zero-order valence-corrected chi connectivity index (χ0v) is 10.1. The van der Waals surface area contributed by atoms with Crippen LogP contribution in [0.4, 0.5) is 0 Å². The van der Waals surface area contributed by atoms with E-state index in [2.05, 4.69) is 0 Å².